The summed E-state index contributed by atoms with van der Waals surface area (Å²) in [5.41, 5.74) is 0.260. The van der Waals surface area contributed by atoms with E-state index >= 15 is 0 Å². The number of benzene rings is 3. The van der Waals surface area contributed by atoms with Crippen molar-refractivity contribution in [1.29, 1.82) is 0 Å². The number of esters is 4. The van der Waals surface area contributed by atoms with Crippen LogP contribution in [0.1, 0.15) is 46.4 Å². The van der Waals surface area contributed by atoms with Crippen LogP contribution in [-0.4, -0.2) is 69.7 Å². The number of hydrogen-bond donors (Lipinski definition) is 0. The molecule has 274 valence electrons. The van der Waals surface area contributed by atoms with Crippen molar-refractivity contribution in [3.63, 3.8) is 0 Å². The first-order chi connectivity index (χ1) is 25.1. The average Bonchev–Trinajstić information content (AvgIpc) is 3.15. The fourth-order valence-corrected chi connectivity index (χ4v) is 3.87. The van der Waals surface area contributed by atoms with Gasteiger partial charge in [-0.25, -0.2) is 28.8 Å². The van der Waals surface area contributed by atoms with Crippen LogP contribution < -0.4 is 23.7 Å². The van der Waals surface area contributed by atoms with Gasteiger partial charge >= 0.3 is 36.2 Å². The quantitative estimate of drug-likeness (QED) is 0.0341. The Morgan fingerprint density at radius 3 is 1.38 bits per heavy atom. The molecule has 0 saturated heterocycles. The first-order valence-corrected chi connectivity index (χ1v) is 15.7. The summed E-state index contributed by atoms with van der Waals surface area (Å²) in [4.78, 5) is 71.3. The molecule has 0 fully saturated rings. The van der Waals surface area contributed by atoms with Gasteiger partial charge in [0, 0.05) is 12.2 Å². The average molecular weight is 721 g/mol. The van der Waals surface area contributed by atoms with Gasteiger partial charge in [0.25, 0.3) is 0 Å². The van der Waals surface area contributed by atoms with E-state index in [4.69, 9.17) is 42.6 Å². The van der Waals surface area contributed by atoms with E-state index < -0.39 is 36.2 Å². The predicted molar refractivity (Wildman–Crippen MR) is 181 cm³/mol. The molecule has 3 rings (SSSR count). The maximum atomic E-state index is 12.8. The Morgan fingerprint density at radius 2 is 0.904 bits per heavy atom. The predicted octanol–water partition coefficient (Wildman–Crippen LogP) is 6.18. The van der Waals surface area contributed by atoms with Crippen LogP contribution >= 0.6 is 0 Å². The van der Waals surface area contributed by atoms with Crippen LogP contribution in [0.4, 0.5) is 9.59 Å². The second-order valence-electron chi connectivity index (χ2n) is 10.2. The van der Waals surface area contributed by atoms with Crippen molar-refractivity contribution < 1.29 is 71.4 Å². The van der Waals surface area contributed by atoms with Crippen LogP contribution in [0.5, 0.6) is 28.7 Å². The highest BCUT2D eigenvalue weighted by Gasteiger charge is 2.17. The normalized spacial score (nSPS) is 10.1. The maximum Gasteiger partial charge on any atom is 0.513 e. The lowest BCUT2D eigenvalue weighted by Gasteiger charge is -2.11. The molecule has 0 aliphatic carbocycles. The topological polar surface area (TPSA) is 185 Å². The molecule has 0 atom stereocenters. The van der Waals surface area contributed by atoms with Gasteiger partial charge in [-0.1, -0.05) is 13.2 Å². The van der Waals surface area contributed by atoms with E-state index in [2.05, 4.69) is 13.2 Å². The Hall–Kier alpha value is -6.64. The fourth-order valence-electron chi connectivity index (χ4n) is 3.87. The maximum absolute atomic E-state index is 12.8. The van der Waals surface area contributed by atoms with Crippen LogP contribution in [0.3, 0.4) is 0 Å². The van der Waals surface area contributed by atoms with Gasteiger partial charge in [0.2, 0.25) is 0 Å². The summed E-state index contributed by atoms with van der Waals surface area (Å²) in [5, 5.41) is 0. The second kappa shape index (κ2) is 21.4. The molecule has 0 bridgehead atoms. The van der Waals surface area contributed by atoms with Gasteiger partial charge in [-0.3, -0.25) is 0 Å². The molecule has 0 saturated carbocycles. The van der Waals surface area contributed by atoms with E-state index in [0.29, 0.717) is 25.7 Å². The fraction of sp³-hybridized carbons (Fsp3) is 0.243. The van der Waals surface area contributed by atoms with Crippen LogP contribution in [0.2, 0.25) is 0 Å². The van der Waals surface area contributed by atoms with Crippen LogP contribution in [0.25, 0.3) is 0 Å². The van der Waals surface area contributed by atoms with Gasteiger partial charge in [0.05, 0.1) is 44.7 Å². The van der Waals surface area contributed by atoms with Crippen LogP contribution in [-0.2, 0) is 28.5 Å². The lowest BCUT2D eigenvalue weighted by Crippen LogP contribution is -2.13. The summed E-state index contributed by atoms with van der Waals surface area (Å²) in [6.07, 6.45) is 2.03. The molecule has 15 heteroatoms. The monoisotopic (exact) mass is 720 g/mol. The number of methoxy groups -OCH3 is 1. The SMILES string of the molecule is C=CC(=O)OCCCCOC(=O)Oc1ccc(C(=O)Oc2ccc(OC(=O)c3ccc(OC(=O)OCCCCOC(=O)C=C)c(OC)c3)cc2)cc1. The third-order valence-corrected chi connectivity index (χ3v) is 6.47. The first-order valence-electron chi connectivity index (χ1n) is 15.7. The number of hydrogen-bond acceptors (Lipinski definition) is 15. The van der Waals surface area contributed by atoms with Crippen molar-refractivity contribution >= 4 is 36.2 Å². The number of ether oxygens (including phenoxy) is 9. The van der Waals surface area contributed by atoms with Gasteiger partial charge in [-0.05, 0) is 92.4 Å². The molecule has 0 unspecified atom stereocenters. The Morgan fingerprint density at radius 1 is 0.500 bits per heavy atom. The number of carbonyl (C=O) groups excluding carboxylic acids is 6. The molecule has 0 aliphatic rings. The lowest BCUT2D eigenvalue weighted by molar-refractivity contribution is -0.138. The van der Waals surface area contributed by atoms with Gasteiger partial charge in [-0.2, -0.15) is 0 Å². The largest absolute Gasteiger partial charge is 0.513 e. The van der Waals surface area contributed by atoms with Crippen LogP contribution in [0, 0.1) is 0 Å². The van der Waals surface area contributed by atoms with E-state index in [0.717, 1.165) is 12.2 Å². The minimum absolute atomic E-state index is 0.00812. The van der Waals surface area contributed by atoms with Gasteiger partial charge in [0.1, 0.15) is 17.2 Å². The molecule has 0 radical (unpaired) electrons. The standard InChI is InChI=1S/C37H36O15/c1-4-32(38)45-20-6-8-22-47-36(42)51-29-13-10-25(11-14-29)34(40)49-27-15-17-28(18-16-27)50-35(41)26-12-19-30(31(24-26)44-3)52-37(43)48-23-9-7-21-46-33(39)5-2/h4-5,10-19,24H,1-2,6-9,20-23H2,3H3. The highest BCUT2D eigenvalue weighted by atomic mass is 16.7. The zero-order valence-electron chi connectivity index (χ0n) is 28.2. The van der Waals surface area contributed by atoms with Crippen molar-refractivity contribution in [2.24, 2.45) is 0 Å². The Balaban J connectivity index is 1.42. The highest BCUT2D eigenvalue weighted by molar-refractivity contribution is 5.92. The molecule has 52 heavy (non-hydrogen) atoms. The van der Waals surface area contributed by atoms with E-state index in [1.54, 1.807) is 0 Å². The zero-order valence-corrected chi connectivity index (χ0v) is 28.2. The van der Waals surface area contributed by atoms with E-state index in [1.165, 1.54) is 73.8 Å². The lowest BCUT2D eigenvalue weighted by atomic mass is 10.2. The van der Waals surface area contributed by atoms with E-state index in [1.807, 2.05) is 0 Å². The Kier molecular flexibility index (Phi) is 16.4. The molecule has 0 N–H and O–H groups in total. The van der Waals surface area contributed by atoms with Gasteiger partial charge in [-0.15, -0.1) is 0 Å². The third-order valence-electron chi connectivity index (χ3n) is 6.47. The molecular weight excluding hydrogens is 684 g/mol. The van der Waals surface area contributed by atoms with E-state index in [-0.39, 0.29) is 66.3 Å². The van der Waals surface area contributed by atoms with Crippen molar-refractivity contribution in [3.05, 3.63) is 103 Å². The summed E-state index contributed by atoms with van der Waals surface area (Å²) < 4.78 is 45.9. The van der Waals surface area contributed by atoms with Gasteiger partial charge < -0.3 is 42.6 Å². The minimum atomic E-state index is -0.989. The first kappa shape index (κ1) is 39.8. The summed E-state index contributed by atoms with van der Waals surface area (Å²) in [6.45, 7) is 7.01. The van der Waals surface area contributed by atoms with Crippen LogP contribution in [0.15, 0.2) is 92.0 Å². The summed E-state index contributed by atoms with van der Waals surface area (Å²) in [5.74, 6) is -1.96. The van der Waals surface area contributed by atoms with Crippen molar-refractivity contribution in [3.8, 4) is 28.7 Å². The Labute approximate surface area is 298 Å². The zero-order chi connectivity index (χ0) is 37.7. The molecule has 3 aromatic rings. The summed E-state index contributed by atoms with van der Waals surface area (Å²) in [6, 6.07) is 15.3. The molecule has 0 heterocycles. The summed E-state index contributed by atoms with van der Waals surface area (Å²) >= 11 is 0. The third kappa shape index (κ3) is 14.1. The minimum Gasteiger partial charge on any atom is -0.493 e. The molecular formula is C37H36O15. The number of unbranched alkanes of at least 4 members (excludes halogenated alkanes) is 2. The molecule has 15 nitrogen and oxygen atoms in total. The molecule has 0 aliphatic heterocycles. The van der Waals surface area contributed by atoms with E-state index in [9.17, 15) is 28.8 Å². The van der Waals surface area contributed by atoms with Crippen molar-refractivity contribution in [2.45, 2.75) is 25.7 Å². The van der Waals surface area contributed by atoms with Crippen molar-refractivity contribution in [2.75, 3.05) is 33.5 Å². The molecule has 0 amide bonds. The molecule has 3 aromatic carbocycles. The molecule has 0 spiro atoms. The highest BCUT2D eigenvalue weighted by Crippen LogP contribution is 2.29. The van der Waals surface area contributed by atoms with Crippen molar-refractivity contribution in [1.82, 2.24) is 0 Å². The van der Waals surface area contributed by atoms with Gasteiger partial charge in [0.15, 0.2) is 11.5 Å². The molecule has 0 aromatic heterocycles. The second-order valence-corrected chi connectivity index (χ2v) is 10.2. The number of rotatable bonds is 19. The number of carbonyl (C=O) groups is 6. The summed E-state index contributed by atoms with van der Waals surface area (Å²) in [7, 11) is 1.32. The Bertz CT molecular complexity index is 1710. The smallest absolute Gasteiger partial charge is 0.493 e.